The summed E-state index contributed by atoms with van der Waals surface area (Å²) in [4.78, 5) is 8.38. The van der Waals surface area contributed by atoms with E-state index in [1.165, 1.54) is 0 Å². The second kappa shape index (κ2) is 6.31. The van der Waals surface area contributed by atoms with Crippen LogP contribution in [0.2, 0.25) is 0 Å². The van der Waals surface area contributed by atoms with Crippen LogP contribution < -0.4 is 5.32 Å². The van der Waals surface area contributed by atoms with Crippen LogP contribution in [0.1, 0.15) is 11.3 Å². The average Bonchev–Trinajstić information content (AvgIpc) is 2.88. The number of halogens is 3. The van der Waals surface area contributed by atoms with Gasteiger partial charge in [0, 0.05) is 43.2 Å². The SMILES string of the molecule is Cc1nn(C)cc1-c1ccnc(NCc2cc(F)c(F)cc2F)n1. The van der Waals surface area contributed by atoms with Gasteiger partial charge in [0.05, 0.1) is 11.4 Å². The van der Waals surface area contributed by atoms with Gasteiger partial charge < -0.3 is 5.32 Å². The van der Waals surface area contributed by atoms with Gasteiger partial charge >= 0.3 is 0 Å². The van der Waals surface area contributed by atoms with Crippen LogP contribution in [0.5, 0.6) is 0 Å². The number of nitrogens with one attached hydrogen (secondary N) is 1. The third kappa shape index (κ3) is 3.22. The highest BCUT2D eigenvalue weighted by Gasteiger charge is 2.11. The van der Waals surface area contributed by atoms with Gasteiger partial charge in [-0.15, -0.1) is 0 Å². The Bertz CT molecular complexity index is 891. The van der Waals surface area contributed by atoms with E-state index in [9.17, 15) is 13.2 Å². The molecule has 0 atom stereocenters. The van der Waals surface area contributed by atoms with E-state index in [2.05, 4.69) is 20.4 Å². The van der Waals surface area contributed by atoms with Crippen molar-refractivity contribution in [1.29, 1.82) is 0 Å². The smallest absolute Gasteiger partial charge is 0.223 e. The fourth-order valence-electron chi connectivity index (χ4n) is 2.32. The minimum atomic E-state index is -1.22. The van der Waals surface area contributed by atoms with Gasteiger partial charge in [0.15, 0.2) is 11.6 Å². The van der Waals surface area contributed by atoms with Crippen LogP contribution in [0.4, 0.5) is 19.1 Å². The van der Waals surface area contributed by atoms with E-state index in [-0.39, 0.29) is 18.1 Å². The molecule has 0 fully saturated rings. The minimum absolute atomic E-state index is 0.0135. The van der Waals surface area contributed by atoms with Crippen molar-refractivity contribution in [3.8, 4) is 11.3 Å². The van der Waals surface area contributed by atoms with Crippen molar-refractivity contribution < 1.29 is 13.2 Å². The first kappa shape index (κ1) is 16.0. The molecule has 8 heteroatoms. The highest BCUT2D eigenvalue weighted by molar-refractivity contribution is 5.61. The van der Waals surface area contributed by atoms with Crippen molar-refractivity contribution in [2.45, 2.75) is 13.5 Å². The Hall–Kier alpha value is -2.90. The molecule has 124 valence electrons. The molecule has 0 amide bonds. The number of nitrogens with zero attached hydrogens (tertiary/aromatic N) is 4. The number of aryl methyl sites for hydroxylation is 2. The molecule has 24 heavy (non-hydrogen) atoms. The summed E-state index contributed by atoms with van der Waals surface area (Å²) in [5.74, 6) is -2.91. The van der Waals surface area contributed by atoms with E-state index in [4.69, 9.17) is 0 Å². The monoisotopic (exact) mass is 333 g/mol. The maximum absolute atomic E-state index is 13.6. The van der Waals surface area contributed by atoms with Crippen LogP contribution in [0, 0.1) is 24.4 Å². The molecular weight excluding hydrogens is 319 g/mol. The summed E-state index contributed by atoms with van der Waals surface area (Å²) in [5, 5.41) is 7.06. The molecule has 0 saturated heterocycles. The number of hydrogen-bond acceptors (Lipinski definition) is 4. The van der Waals surface area contributed by atoms with Crippen molar-refractivity contribution in [2.24, 2.45) is 7.05 Å². The highest BCUT2D eigenvalue weighted by atomic mass is 19.2. The molecule has 0 aliphatic rings. The van der Waals surface area contributed by atoms with Gasteiger partial charge in [0.25, 0.3) is 0 Å². The van der Waals surface area contributed by atoms with Crippen LogP contribution >= 0.6 is 0 Å². The molecule has 5 nitrogen and oxygen atoms in total. The largest absolute Gasteiger partial charge is 0.350 e. The van der Waals surface area contributed by atoms with E-state index in [1.807, 2.05) is 20.2 Å². The molecule has 3 aromatic rings. The molecule has 0 aliphatic heterocycles. The molecule has 0 bridgehead atoms. The Balaban J connectivity index is 1.81. The maximum atomic E-state index is 13.6. The number of rotatable bonds is 4. The fourth-order valence-corrected chi connectivity index (χ4v) is 2.32. The predicted molar refractivity (Wildman–Crippen MR) is 82.6 cm³/mol. The molecule has 1 aromatic carbocycles. The van der Waals surface area contributed by atoms with E-state index >= 15 is 0 Å². The minimum Gasteiger partial charge on any atom is -0.350 e. The van der Waals surface area contributed by atoms with Gasteiger partial charge in [-0.25, -0.2) is 23.1 Å². The molecular formula is C16H14F3N5. The number of benzene rings is 1. The standard InChI is InChI=1S/C16H14F3N5/c1-9-11(8-24(2)23-9)15-3-4-20-16(22-15)21-7-10-5-13(18)14(19)6-12(10)17/h3-6,8H,7H2,1-2H3,(H,20,21,22). The van der Waals surface area contributed by atoms with Crippen molar-refractivity contribution in [1.82, 2.24) is 19.7 Å². The first-order chi connectivity index (χ1) is 11.4. The average molecular weight is 333 g/mol. The lowest BCUT2D eigenvalue weighted by Gasteiger charge is -2.08. The van der Waals surface area contributed by atoms with Gasteiger partial charge in [0.1, 0.15) is 5.82 Å². The van der Waals surface area contributed by atoms with Crippen molar-refractivity contribution in [2.75, 3.05) is 5.32 Å². The maximum Gasteiger partial charge on any atom is 0.223 e. The first-order valence-corrected chi connectivity index (χ1v) is 7.15. The van der Waals surface area contributed by atoms with Crippen LogP contribution in [0.3, 0.4) is 0 Å². The normalized spacial score (nSPS) is 10.9. The zero-order chi connectivity index (χ0) is 17.3. The Kier molecular flexibility index (Phi) is 4.20. The Morgan fingerprint density at radius 1 is 1.12 bits per heavy atom. The lowest BCUT2D eigenvalue weighted by Crippen LogP contribution is -2.06. The van der Waals surface area contributed by atoms with Gasteiger partial charge in [-0.2, -0.15) is 5.10 Å². The fraction of sp³-hybridized carbons (Fsp3) is 0.188. The lowest BCUT2D eigenvalue weighted by atomic mass is 10.2. The van der Waals surface area contributed by atoms with Crippen LogP contribution in [0.15, 0.2) is 30.6 Å². The number of hydrogen-bond donors (Lipinski definition) is 1. The summed E-state index contributed by atoms with van der Waals surface area (Å²) < 4.78 is 41.5. The summed E-state index contributed by atoms with van der Waals surface area (Å²) in [6, 6.07) is 3.06. The van der Waals surface area contributed by atoms with Gasteiger partial charge in [-0.3, -0.25) is 4.68 Å². The van der Waals surface area contributed by atoms with Crippen molar-refractivity contribution in [3.05, 3.63) is 59.3 Å². The Labute approximate surface area is 136 Å². The van der Waals surface area contributed by atoms with Gasteiger partial charge in [-0.1, -0.05) is 0 Å². The van der Waals surface area contributed by atoms with Crippen LogP contribution in [-0.2, 0) is 13.6 Å². The Morgan fingerprint density at radius 3 is 2.58 bits per heavy atom. The molecule has 0 radical (unpaired) electrons. The summed E-state index contributed by atoms with van der Waals surface area (Å²) in [7, 11) is 1.81. The van der Waals surface area contributed by atoms with Crippen molar-refractivity contribution in [3.63, 3.8) is 0 Å². The van der Waals surface area contributed by atoms with Crippen LogP contribution in [-0.4, -0.2) is 19.7 Å². The molecule has 0 unspecified atom stereocenters. The van der Waals surface area contributed by atoms with Gasteiger partial charge in [-0.05, 0) is 19.1 Å². The molecule has 2 aromatic heterocycles. The third-order valence-electron chi connectivity index (χ3n) is 3.47. The molecule has 0 aliphatic carbocycles. The van der Waals surface area contributed by atoms with E-state index in [0.29, 0.717) is 11.8 Å². The molecule has 3 rings (SSSR count). The lowest BCUT2D eigenvalue weighted by molar-refractivity contribution is 0.490. The second-order valence-electron chi connectivity index (χ2n) is 5.28. The Morgan fingerprint density at radius 2 is 1.88 bits per heavy atom. The second-order valence-corrected chi connectivity index (χ2v) is 5.28. The number of aromatic nitrogens is 4. The molecule has 2 heterocycles. The zero-order valence-corrected chi connectivity index (χ0v) is 13.0. The number of anilines is 1. The zero-order valence-electron chi connectivity index (χ0n) is 13.0. The molecule has 1 N–H and O–H groups in total. The van der Waals surface area contributed by atoms with E-state index < -0.39 is 17.5 Å². The summed E-state index contributed by atoms with van der Waals surface area (Å²) >= 11 is 0. The molecule has 0 spiro atoms. The first-order valence-electron chi connectivity index (χ1n) is 7.15. The molecule has 0 saturated carbocycles. The summed E-state index contributed by atoms with van der Waals surface area (Å²) in [6.07, 6.45) is 3.38. The topological polar surface area (TPSA) is 55.6 Å². The third-order valence-corrected chi connectivity index (χ3v) is 3.47. The van der Waals surface area contributed by atoms with E-state index in [1.54, 1.807) is 16.9 Å². The van der Waals surface area contributed by atoms with Gasteiger partial charge in [0.2, 0.25) is 5.95 Å². The summed E-state index contributed by atoms with van der Waals surface area (Å²) in [5.41, 5.74) is 2.31. The van der Waals surface area contributed by atoms with E-state index in [0.717, 1.165) is 17.3 Å². The summed E-state index contributed by atoms with van der Waals surface area (Å²) in [6.45, 7) is 1.79. The quantitative estimate of drug-likeness (QED) is 0.745. The predicted octanol–water partition coefficient (Wildman–Crippen LogP) is 3.21. The van der Waals surface area contributed by atoms with Crippen molar-refractivity contribution >= 4 is 5.95 Å². The van der Waals surface area contributed by atoms with Crippen LogP contribution in [0.25, 0.3) is 11.3 Å². The highest BCUT2D eigenvalue weighted by Crippen LogP contribution is 2.21.